The summed E-state index contributed by atoms with van der Waals surface area (Å²) < 4.78 is 17.8. The lowest BCUT2D eigenvalue weighted by Gasteiger charge is -2.31. The molecule has 0 aromatic rings. The summed E-state index contributed by atoms with van der Waals surface area (Å²) >= 11 is 0. The van der Waals surface area contributed by atoms with Gasteiger partial charge in [-0.3, -0.25) is 0 Å². The van der Waals surface area contributed by atoms with E-state index < -0.39 is 8.80 Å². The number of hydrogen-bond acceptors (Lipinski definition) is 3. The van der Waals surface area contributed by atoms with Crippen molar-refractivity contribution in [3.05, 3.63) is 25.0 Å². The Balaban J connectivity index is 2.94. The van der Waals surface area contributed by atoms with E-state index in [9.17, 15) is 0 Å². The Morgan fingerprint density at radius 3 is 2.06 bits per heavy atom. The molecule has 0 unspecified atom stereocenters. The van der Waals surface area contributed by atoms with Crippen LogP contribution in [-0.2, 0) is 13.3 Å². The van der Waals surface area contributed by atoms with Crippen LogP contribution in [0.5, 0.6) is 0 Å². The minimum absolute atomic E-state index is 0.343. The van der Waals surface area contributed by atoms with E-state index in [1.807, 2.05) is 40.7 Å². The molecule has 0 amide bonds. The van der Waals surface area contributed by atoms with Crippen LogP contribution in [0.15, 0.2) is 25.0 Å². The molecule has 1 aliphatic heterocycles. The van der Waals surface area contributed by atoms with Crippen molar-refractivity contribution in [2.75, 3.05) is 0 Å². The molecule has 0 saturated carbocycles. The molecule has 92 valence electrons. The van der Waals surface area contributed by atoms with Crippen molar-refractivity contribution in [3.8, 4) is 0 Å². The SMILES string of the molecule is C=CC[Si]1(O/C=C/C)OC(C)(C)C(C)(C)O1. The molecule has 0 bridgehead atoms. The Bertz CT molecular complexity index is 279. The van der Waals surface area contributed by atoms with Gasteiger partial charge in [-0.1, -0.05) is 12.2 Å². The highest BCUT2D eigenvalue weighted by Crippen LogP contribution is 2.43. The van der Waals surface area contributed by atoms with Crippen molar-refractivity contribution in [2.24, 2.45) is 0 Å². The average molecular weight is 242 g/mol. The van der Waals surface area contributed by atoms with Crippen molar-refractivity contribution in [1.29, 1.82) is 0 Å². The summed E-state index contributed by atoms with van der Waals surface area (Å²) in [6.07, 6.45) is 5.28. The molecule has 0 aromatic carbocycles. The molecule has 1 fully saturated rings. The second-order valence-electron chi connectivity index (χ2n) is 4.99. The monoisotopic (exact) mass is 242 g/mol. The predicted molar refractivity (Wildman–Crippen MR) is 67.0 cm³/mol. The molecule has 0 aromatic heterocycles. The molecule has 4 heteroatoms. The van der Waals surface area contributed by atoms with E-state index in [0.717, 1.165) is 0 Å². The highest BCUT2D eigenvalue weighted by molar-refractivity contribution is 6.62. The average Bonchev–Trinajstić information content (AvgIpc) is 2.30. The smallest absolute Gasteiger partial charge is 0.508 e. The van der Waals surface area contributed by atoms with Crippen LogP contribution in [-0.4, -0.2) is 20.0 Å². The maximum absolute atomic E-state index is 6.07. The Morgan fingerprint density at radius 1 is 1.19 bits per heavy atom. The third kappa shape index (κ3) is 2.39. The summed E-state index contributed by atoms with van der Waals surface area (Å²) in [5.74, 6) is 0. The third-order valence-electron chi connectivity index (χ3n) is 3.05. The summed E-state index contributed by atoms with van der Waals surface area (Å²) in [6.45, 7) is 13.8. The van der Waals surface area contributed by atoms with Gasteiger partial charge < -0.3 is 13.3 Å². The van der Waals surface area contributed by atoms with Crippen molar-refractivity contribution < 1.29 is 13.3 Å². The van der Waals surface area contributed by atoms with Gasteiger partial charge in [0.25, 0.3) is 0 Å². The highest BCUT2D eigenvalue weighted by Gasteiger charge is 2.62. The van der Waals surface area contributed by atoms with E-state index >= 15 is 0 Å². The summed E-state index contributed by atoms with van der Waals surface area (Å²) in [4.78, 5) is 0. The molecule has 0 N–H and O–H groups in total. The molecule has 1 heterocycles. The molecule has 0 aliphatic carbocycles. The normalized spacial score (nSPS) is 25.8. The van der Waals surface area contributed by atoms with Gasteiger partial charge in [-0.15, -0.1) is 6.58 Å². The fourth-order valence-electron chi connectivity index (χ4n) is 1.57. The summed E-state index contributed by atoms with van der Waals surface area (Å²) in [5.41, 5.74) is -0.687. The van der Waals surface area contributed by atoms with Gasteiger partial charge in [-0.25, -0.2) is 0 Å². The first-order valence-electron chi connectivity index (χ1n) is 5.59. The van der Waals surface area contributed by atoms with Crippen LogP contribution in [0.2, 0.25) is 6.04 Å². The lowest BCUT2D eigenvalue weighted by molar-refractivity contribution is 0.00578. The zero-order chi connectivity index (χ0) is 12.4. The van der Waals surface area contributed by atoms with E-state index in [2.05, 4.69) is 6.58 Å². The van der Waals surface area contributed by atoms with E-state index in [1.165, 1.54) is 0 Å². The van der Waals surface area contributed by atoms with E-state index in [0.29, 0.717) is 6.04 Å². The molecule has 3 nitrogen and oxygen atoms in total. The minimum atomic E-state index is -2.63. The highest BCUT2D eigenvalue weighted by atomic mass is 28.4. The molecular weight excluding hydrogens is 220 g/mol. The Kier molecular flexibility index (Phi) is 3.67. The van der Waals surface area contributed by atoms with Crippen LogP contribution < -0.4 is 0 Å². The van der Waals surface area contributed by atoms with Crippen LogP contribution in [0.25, 0.3) is 0 Å². The van der Waals surface area contributed by atoms with E-state index in [1.54, 1.807) is 12.3 Å². The zero-order valence-corrected chi connectivity index (χ0v) is 11.9. The molecule has 1 rings (SSSR count). The van der Waals surface area contributed by atoms with E-state index in [4.69, 9.17) is 13.3 Å². The Labute approximate surface area is 99.5 Å². The molecule has 1 saturated heterocycles. The van der Waals surface area contributed by atoms with Crippen molar-refractivity contribution in [2.45, 2.75) is 51.9 Å². The first-order valence-corrected chi connectivity index (χ1v) is 7.52. The topological polar surface area (TPSA) is 27.7 Å². The van der Waals surface area contributed by atoms with Gasteiger partial charge in [0.15, 0.2) is 0 Å². The van der Waals surface area contributed by atoms with Gasteiger partial charge in [-0.2, -0.15) is 0 Å². The van der Waals surface area contributed by atoms with Gasteiger partial charge in [0.05, 0.1) is 17.5 Å². The van der Waals surface area contributed by atoms with Crippen molar-refractivity contribution in [3.63, 3.8) is 0 Å². The van der Waals surface area contributed by atoms with Crippen LogP contribution in [0.4, 0.5) is 0 Å². The van der Waals surface area contributed by atoms with Crippen LogP contribution in [0.1, 0.15) is 34.6 Å². The van der Waals surface area contributed by atoms with Crippen molar-refractivity contribution >= 4 is 8.80 Å². The lowest BCUT2D eigenvalue weighted by Crippen LogP contribution is -2.41. The number of rotatable bonds is 4. The van der Waals surface area contributed by atoms with Gasteiger partial charge in [0.2, 0.25) is 0 Å². The number of hydrogen-bond donors (Lipinski definition) is 0. The molecule has 1 aliphatic rings. The summed E-state index contributed by atoms with van der Waals surface area (Å²) in [7, 11) is -2.63. The summed E-state index contributed by atoms with van der Waals surface area (Å²) in [6, 6.07) is 0.629. The first-order chi connectivity index (χ1) is 7.29. The van der Waals surface area contributed by atoms with Crippen LogP contribution in [0, 0.1) is 0 Å². The number of allylic oxidation sites excluding steroid dienone is 2. The second kappa shape index (κ2) is 4.35. The Morgan fingerprint density at radius 2 is 1.69 bits per heavy atom. The van der Waals surface area contributed by atoms with E-state index in [-0.39, 0.29) is 11.2 Å². The maximum atomic E-state index is 6.07. The fraction of sp³-hybridized carbons (Fsp3) is 0.667. The second-order valence-corrected chi connectivity index (χ2v) is 7.41. The quantitative estimate of drug-likeness (QED) is 0.430. The molecule has 0 radical (unpaired) electrons. The largest absolute Gasteiger partial charge is 0.570 e. The lowest BCUT2D eigenvalue weighted by atomic mass is 9.90. The Hall–Kier alpha value is -0.583. The first kappa shape index (κ1) is 13.5. The molecule has 16 heavy (non-hydrogen) atoms. The summed E-state index contributed by atoms with van der Waals surface area (Å²) in [5, 5.41) is 0. The molecule has 0 spiro atoms. The molecule has 0 atom stereocenters. The minimum Gasteiger partial charge on any atom is -0.508 e. The predicted octanol–water partition coefficient (Wildman–Crippen LogP) is 3.27. The third-order valence-corrected chi connectivity index (χ3v) is 5.98. The van der Waals surface area contributed by atoms with Crippen LogP contribution in [0.3, 0.4) is 0 Å². The maximum Gasteiger partial charge on any atom is 0.570 e. The molecular formula is C12H22O3Si. The van der Waals surface area contributed by atoms with Crippen LogP contribution >= 0.6 is 0 Å². The fourth-order valence-corrected chi connectivity index (χ4v) is 4.72. The standard InChI is InChI=1S/C12H22O3Si/c1-7-9-13-16(10-8-2)14-11(3,4)12(5,6)15-16/h7-9H,2,10H2,1,3-6H3/b9-7+. The van der Waals surface area contributed by atoms with Gasteiger partial charge in [0.1, 0.15) is 0 Å². The van der Waals surface area contributed by atoms with Gasteiger partial charge in [0, 0.05) is 6.04 Å². The van der Waals surface area contributed by atoms with Gasteiger partial charge >= 0.3 is 8.80 Å². The zero-order valence-electron chi connectivity index (χ0n) is 10.9. The van der Waals surface area contributed by atoms with Crippen molar-refractivity contribution in [1.82, 2.24) is 0 Å². The van der Waals surface area contributed by atoms with Gasteiger partial charge in [-0.05, 0) is 34.6 Å².